The van der Waals surface area contributed by atoms with Crippen LogP contribution in [0, 0.1) is 38.2 Å². The van der Waals surface area contributed by atoms with E-state index >= 15 is 0 Å². The molecule has 0 saturated heterocycles. The van der Waals surface area contributed by atoms with Crippen LogP contribution in [0.25, 0.3) is 0 Å². The van der Waals surface area contributed by atoms with Crippen LogP contribution in [0.2, 0.25) is 0 Å². The molecule has 0 bridgehead atoms. The van der Waals surface area contributed by atoms with Crippen molar-refractivity contribution in [3.05, 3.63) is 58.2 Å². The quantitative estimate of drug-likeness (QED) is 0.837. The minimum absolute atomic E-state index is 0.0687. The third-order valence-corrected chi connectivity index (χ3v) is 3.40. The summed E-state index contributed by atoms with van der Waals surface area (Å²) in [5.41, 5.74) is 3.60. The van der Waals surface area contributed by atoms with Gasteiger partial charge in [0.1, 0.15) is 5.82 Å². The Kier molecular flexibility index (Phi) is 4.21. The Morgan fingerprint density at radius 2 is 1.57 bits per heavy atom. The lowest BCUT2D eigenvalue weighted by Gasteiger charge is -2.20. The van der Waals surface area contributed by atoms with E-state index in [0.717, 1.165) is 28.6 Å². The molecule has 0 aliphatic heterocycles. The minimum Gasteiger partial charge on any atom is -0.376 e. The number of pyridine rings is 1. The molecule has 1 unspecified atom stereocenters. The van der Waals surface area contributed by atoms with E-state index in [4.69, 9.17) is 0 Å². The number of hydrogen-bond donors (Lipinski definition) is 1. The van der Waals surface area contributed by atoms with Crippen LogP contribution in [0.1, 0.15) is 35.5 Å². The lowest BCUT2D eigenvalue weighted by atomic mass is 10.00. The first-order valence-electron chi connectivity index (χ1n) is 6.65. The average molecular weight is 294 g/mol. The van der Waals surface area contributed by atoms with Crippen LogP contribution in [-0.2, 0) is 0 Å². The minimum atomic E-state index is -1.20. The van der Waals surface area contributed by atoms with E-state index < -0.39 is 17.5 Å². The van der Waals surface area contributed by atoms with Crippen LogP contribution in [0.15, 0.2) is 18.2 Å². The van der Waals surface area contributed by atoms with Crippen LogP contribution in [-0.4, -0.2) is 4.98 Å². The largest absolute Gasteiger partial charge is 0.376 e. The van der Waals surface area contributed by atoms with Gasteiger partial charge in [0.15, 0.2) is 11.6 Å². The molecule has 0 amide bonds. The highest BCUT2D eigenvalue weighted by Crippen LogP contribution is 2.27. The Morgan fingerprint density at radius 3 is 2.19 bits per heavy atom. The number of aryl methyl sites for hydroxylation is 3. The topological polar surface area (TPSA) is 24.9 Å². The number of hydrogen-bond acceptors (Lipinski definition) is 2. The summed E-state index contributed by atoms with van der Waals surface area (Å²) >= 11 is 0. The summed E-state index contributed by atoms with van der Waals surface area (Å²) in [5, 5.41) is 2.87. The van der Waals surface area contributed by atoms with Crippen LogP contribution in [0.3, 0.4) is 0 Å². The predicted molar refractivity (Wildman–Crippen MR) is 76.8 cm³/mol. The molecule has 21 heavy (non-hydrogen) atoms. The second-order valence-corrected chi connectivity index (χ2v) is 5.19. The number of nitrogens with one attached hydrogen (secondary N) is 1. The molecule has 0 fully saturated rings. The molecule has 0 radical (unpaired) electrons. The average Bonchev–Trinajstić information content (AvgIpc) is 2.34. The van der Waals surface area contributed by atoms with Crippen LogP contribution in [0.4, 0.5) is 18.9 Å². The van der Waals surface area contributed by atoms with Gasteiger partial charge in [-0.15, -0.1) is 0 Å². The highest BCUT2D eigenvalue weighted by Gasteiger charge is 2.16. The lowest BCUT2D eigenvalue weighted by Crippen LogP contribution is -2.13. The van der Waals surface area contributed by atoms with Gasteiger partial charge in [-0.1, -0.05) is 0 Å². The number of anilines is 1. The van der Waals surface area contributed by atoms with Crippen LogP contribution < -0.4 is 5.32 Å². The second kappa shape index (κ2) is 5.76. The maximum Gasteiger partial charge on any atom is 0.161 e. The smallest absolute Gasteiger partial charge is 0.161 e. The maximum atomic E-state index is 13.7. The Labute approximate surface area is 122 Å². The molecule has 2 nitrogen and oxygen atoms in total. The normalized spacial score (nSPS) is 12.3. The van der Waals surface area contributed by atoms with E-state index in [1.807, 2.05) is 33.8 Å². The molecular weight excluding hydrogens is 277 g/mol. The summed E-state index contributed by atoms with van der Waals surface area (Å²) in [7, 11) is 0. The molecule has 0 spiro atoms. The Hall–Kier alpha value is -2.04. The molecule has 2 rings (SSSR count). The first-order valence-corrected chi connectivity index (χ1v) is 6.65. The summed E-state index contributed by atoms with van der Waals surface area (Å²) in [6.07, 6.45) is 0. The van der Waals surface area contributed by atoms with Gasteiger partial charge in [-0.3, -0.25) is 4.98 Å². The zero-order chi connectivity index (χ0) is 15.7. The summed E-state index contributed by atoms with van der Waals surface area (Å²) < 4.78 is 39.9. The fourth-order valence-corrected chi connectivity index (χ4v) is 2.63. The fourth-order valence-electron chi connectivity index (χ4n) is 2.63. The molecule has 5 heteroatoms. The van der Waals surface area contributed by atoms with Gasteiger partial charge in [-0.05, 0) is 44.9 Å². The van der Waals surface area contributed by atoms with Gasteiger partial charge in [0.25, 0.3) is 0 Å². The van der Waals surface area contributed by atoms with Crippen molar-refractivity contribution >= 4 is 5.69 Å². The standard InChI is InChI=1S/C16H17F3N2/c1-8-5-9(2)20-10(3)16(8)11(4)21-15-7-13(18)12(17)6-14(15)19/h5-7,11,21H,1-4H3. The van der Waals surface area contributed by atoms with E-state index in [1.165, 1.54) is 0 Å². The van der Waals surface area contributed by atoms with Gasteiger partial charge in [0.2, 0.25) is 0 Å². The summed E-state index contributed by atoms with van der Waals surface area (Å²) in [6, 6.07) is 3.02. The first kappa shape index (κ1) is 15.4. The van der Waals surface area contributed by atoms with E-state index in [1.54, 1.807) is 0 Å². The van der Waals surface area contributed by atoms with E-state index in [-0.39, 0.29) is 11.7 Å². The van der Waals surface area contributed by atoms with Gasteiger partial charge in [-0.2, -0.15) is 0 Å². The first-order chi connectivity index (χ1) is 9.79. The number of benzene rings is 1. The van der Waals surface area contributed by atoms with Crippen molar-refractivity contribution in [3.8, 4) is 0 Å². The second-order valence-electron chi connectivity index (χ2n) is 5.19. The van der Waals surface area contributed by atoms with E-state index in [2.05, 4.69) is 10.3 Å². The molecule has 1 heterocycles. The summed E-state index contributed by atoms with van der Waals surface area (Å²) in [5.74, 6) is -3.10. The zero-order valence-corrected chi connectivity index (χ0v) is 12.4. The van der Waals surface area contributed by atoms with E-state index in [0.29, 0.717) is 6.07 Å². The number of halogens is 3. The molecule has 1 N–H and O–H groups in total. The zero-order valence-electron chi connectivity index (χ0n) is 12.4. The number of nitrogens with zero attached hydrogens (tertiary/aromatic N) is 1. The lowest BCUT2D eigenvalue weighted by molar-refractivity contribution is 0.495. The Balaban J connectivity index is 2.35. The van der Waals surface area contributed by atoms with Crippen molar-refractivity contribution in [1.82, 2.24) is 4.98 Å². The maximum absolute atomic E-state index is 13.7. The summed E-state index contributed by atoms with van der Waals surface area (Å²) in [4.78, 5) is 4.38. The van der Waals surface area contributed by atoms with Crippen LogP contribution in [0.5, 0.6) is 0 Å². The number of rotatable bonds is 3. The molecule has 0 aliphatic rings. The molecule has 0 saturated carbocycles. The highest BCUT2D eigenvalue weighted by molar-refractivity contribution is 5.48. The van der Waals surface area contributed by atoms with Crippen molar-refractivity contribution in [2.75, 3.05) is 5.32 Å². The molecule has 112 valence electrons. The van der Waals surface area contributed by atoms with E-state index in [9.17, 15) is 13.2 Å². The molecule has 0 aliphatic carbocycles. The van der Waals surface area contributed by atoms with Gasteiger partial charge in [-0.25, -0.2) is 13.2 Å². The monoisotopic (exact) mass is 294 g/mol. The van der Waals surface area contributed by atoms with Crippen molar-refractivity contribution in [1.29, 1.82) is 0 Å². The molecule has 2 aromatic rings. The fraction of sp³-hybridized carbons (Fsp3) is 0.312. The van der Waals surface area contributed by atoms with Gasteiger partial charge < -0.3 is 5.32 Å². The van der Waals surface area contributed by atoms with Gasteiger partial charge >= 0.3 is 0 Å². The summed E-state index contributed by atoms with van der Waals surface area (Å²) in [6.45, 7) is 7.54. The SMILES string of the molecule is Cc1cc(C)c(C(C)Nc2cc(F)c(F)cc2F)c(C)n1. The van der Waals surface area contributed by atoms with Crippen molar-refractivity contribution in [2.24, 2.45) is 0 Å². The molecule has 1 atom stereocenters. The third kappa shape index (κ3) is 3.17. The molecular formula is C16H17F3N2. The molecule has 1 aromatic carbocycles. The van der Waals surface area contributed by atoms with Crippen LogP contribution >= 0.6 is 0 Å². The third-order valence-electron chi connectivity index (χ3n) is 3.40. The van der Waals surface area contributed by atoms with Crippen molar-refractivity contribution in [2.45, 2.75) is 33.7 Å². The Bertz CT molecular complexity index is 660. The van der Waals surface area contributed by atoms with Crippen molar-refractivity contribution < 1.29 is 13.2 Å². The number of aromatic nitrogens is 1. The highest BCUT2D eigenvalue weighted by atomic mass is 19.2. The van der Waals surface area contributed by atoms with Gasteiger partial charge in [0.05, 0.1) is 11.7 Å². The Morgan fingerprint density at radius 1 is 0.952 bits per heavy atom. The van der Waals surface area contributed by atoms with Gasteiger partial charge in [0, 0.05) is 23.5 Å². The predicted octanol–water partition coefficient (Wildman–Crippen LogP) is 4.60. The van der Waals surface area contributed by atoms with Crippen molar-refractivity contribution in [3.63, 3.8) is 0 Å². The molecule has 1 aromatic heterocycles.